The van der Waals surface area contributed by atoms with Gasteiger partial charge in [-0.05, 0) is 109 Å². The molecule has 0 bridgehead atoms. The van der Waals surface area contributed by atoms with E-state index in [0.717, 1.165) is 16.7 Å². The molecule has 0 saturated heterocycles. The van der Waals surface area contributed by atoms with Crippen LogP contribution >= 0.6 is 11.6 Å². The van der Waals surface area contributed by atoms with Crippen LogP contribution < -0.4 is 14.2 Å². The molecule has 1 atom stereocenters. The Labute approximate surface area is 325 Å². The summed E-state index contributed by atoms with van der Waals surface area (Å²) < 4.78 is 30.4. The molecule has 0 spiro atoms. The van der Waals surface area contributed by atoms with E-state index < -0.39 is 23.5 Å². The number of halogens is 2. The van der Waals surface area contributed by atoms with Crippen LogP contribution in [0, 0.1) is 5.82 Å². The first-order valence-corrected chi connectivity index (χ1v) is 18.2. The Bertz CT molecular complexity index is 1970. The number of benzene rings is 3. The third-order valence-electron chi connectivity index (χ3n) is 9.56. The van der Waals surface area contributed by atoms with E-state index >= 15 is 4.79 Å². The van der Waals surface area contributed by atoms with Gasteiger partial charge in [-0.15, -0.1) is 0 Å². The highest BCUT2D eigenvalue weighted by Gasteiger charge is 2.37. The van der Waals surface area contributed by atoms with Crippen LogP contribution in [0.2, 0.25) is 5.02 Å². The molecular formula is C43H44ClFN4O6. The molecular weight excluding hydrogens is 723 g/mol. The van der Waals surface area contributed by atoms with Crippen LogP contribution in [0.15, 0.2) is 110 Å². The monoisotopic (exact) mass is 766 g/mol. The molecule has 0 aliphatic heterocycles. The number of Topliss-reactive ketones (excluding diaryl/α,β-unsaturated/α-hetero) is 1. The summed E-state index contributed by atoms with van der Waals surface area (Å²) in [5.74, 6) is -1.88. The molecule has 12 heteroatoms. The fourth-order valence-electron chi connectivity index (χ4n) is 6.46. The van der Waals surface area contributed by atoms with Crippen LogP contribution in [0.4, 0.5) is 4.39 Å². The van der Waals surface area contributed by atoms with E-state index in [1.165, 1.54) is 57.5 Å². The normalized spacial score (nSPS) is 11.5. The van der Waals surface area contributed by atoms with Gasteiger partial charge in [0.25, 0.3) is 11.7 Å². The largest absolute Gasteiger partial charge is 0.493 e. The molecule has 5 rings (SSSR count). The number of aryl methyl sites for hydroxylation is 2. The number of nitrogens with zero attached hydrogens (tertiary/aromatic N) is 4. The van der Waals surface area contributed by atoms with Crippen molar-refractivity contribution in [1.82, 2.24) is 19.8 Å². The number of rotatable bonds is 18. The zero-order valence-corrected chi connectivity index (χ0v) is 32.0. The van der Waals surface area contributed by atoms with Gasteiger partial charge in [-0.25, -0.2) is 4.39 Å². The van der Waals surface area contributed by atoms with E-state index in [2.05, 4.69) is 9.97 Å². The van der Waals surface area contributed by atoms with Crippen molar-refractivity contribution in [2.24, 2.45) is 0 Å². The first-order valence-electron chi connectivity index (χ1n) is 17.8. The minimum absolute atomic E-state index is 0.000196. The van der Waals surface area contributed by atoms with Crippen molar-refractivity contribution in [3.05, 3.63) is 148 Å². The summed E-state index contributed by atoms with van der Waals surface area (Å²) in [6.45, 7) is 0.135. The van der Waals surface area contributed by atoms with Gasteiger partial charge in [-0.1, -0.05) is 35.9 Å². The molecule has 0 aliphatic rings. The Morgan fingerprint density at radius 2 is 1.22 bits per heavy atom. The van der Waals surface area contributed by atoms with Crippen molar-refractivity contribution < 1.29 is 33.0 Å². The Balaban J connectivity index is 1.56. The van der Waals surface area contributed by atoms with E-state index in [9.17, 15) is 14.0 Å². The van der Waals surface area contributed by atoms with Crippen LogP contribution in [0.5, 0.6) is 17.2 Å². The van der Waals surface area contributed by atoms with Crippen molar-refractivity contribution in [3.63, 3.8) is 0 Å². The van der Waals surface area contributed by atoms with Crippen molar-refractivity contribution in [2.75, 3.05) is 28.4 Å². The Morgan fingerprint density at radius 3 is 1.71 bits per heavy atom. The first kappa shape index (κ1) is 40.4. The number of carbonyl (C=O) groups excluding carboxylic acids is 3. The summed E-state index contributed by atoms with van der Waals surface area (Å²) in [5.41, 5.74) is 3.55. The average molecular weight is 767 g/mol. The summed E-state index contributed by atoms with van der Waals surface area (Å²) in [5, 5.41) is 0.513. The van der Waals surface area contributed by atoms with E-state index in [4.69, 9.17) is 25.8 Å². The molecule has 286 valence electrons. The standard InChI is InChI=1S/C43H44ClFN4O6/c1-48(43(52)40(50)33-26-38(53-2)41(55-4)39(27-33)54-3)37(25-31-5-11-34(44)12-6-31)42(51)49(28-32-7-13-35(45)14-8-32)36(15-9-29-17-21-46-22-18-29)16-10-30-19-23-47-24-20-30/h5-8,11-14,17-24,26-27,36-37H,9-10,15-16,25,28H2,1-4H3. The van der Waals surface area contributed by atoms with Crippen molar-refractivity contribution >= 4 is 29.2 Å². The third kappa shape index (κ3) is 10.7. The summed E-state index contributed by atoms with van der Waals surface area (Å²) in [6, 6.07) is 22.1. The fourth-order valence-corrected chi connectivity index (χ4v) is 6.58. The van der Waals surface area contributed by atoms with Crippen LogP contribution in [0.3, 0.4) is 0 Å². The van der Waals surface area contributed by atoms with Gasteiger partial charge in [0, 0.05) is 61.4 Å². The van der Waals surface area contributed by atoms with Crippen LogP contribution in [0.1, 0.15) is 45.5 Å². The first-order chi connectivity index (χ1) is 26.6. The number of ether oxygens (including phenoxy) is 3. The number of hydrogen-bond acceptors (Lipinski definition) is 8. The molecule has 3 aromatic carbocycles. The topological polar surface area (TPSA) is 111 Å². The lowest BCUT2D eigenvalue weighted by Gasteiger charge is -2.38. The highest BCUT2D eigenvalue weighted by molar-refractivity contribution is 6.43. The minimum Gasteiger partial charge on any atom is -0.493 e. The lowest BCUT2D eigenvalue weighted by Crippen LogP contribution is -2.54. The number of likely N-dealkylation sites (N-methyl/N-ethyl adjacent to an activating group) is 1. The fraction of sp³-hybridized carbons (Fsp3) is 0.279. The maximum absolute atomic E-state index is 15.3. The van der Waals surface area contributed by atoms with Crippen molar-refractivity contribution in [1.29, 1.82) is 0 Å². The predicted molar refractivity (Wildman–Crippen MR) is 208 cm³/mol. The third-order valence-corrected chi connectivity index (χ3v) is 9.81. The SMILES string of the molecule is COc1cc(C(=O)C(=O)N(C)C(Cc2ccc(Cl)cc2)C(=O)N(Cc2ccc(F)cc2)C(CCc2ccncc2)CCc2ccncc2)cc(OC)c1OC. The van der Waals surface area contributed by atoms with Crippen LogP contribution in [0.25, 0.3) is 0 Å². The number of hydrogen-bond donors (Lipinski definition) is 0. The van der Waals surface area contributed by atoms with Gasteiger partial charge in [-0.3, -0.25) is 24.4 Å². The highest BCUT2D eigenvalue weighted by atomic mass is 35.5. The molecule has 2 aromatic heterocycles. The smallest absolute Gasteiger partial charge is 0.295 e. The lowest BCUT2D eigenvalue weighted by atomic mass is 9.95. The molecule has 55 heavy (non-hydrogen) atoms. The summed E-state index contributed by atoms with van der Waals surface area (Å²) in [4.78, 5) is 54.7. The van der Waals surface area contributed by atoms with Crippen molar-refractivity contribution in [3.8, 4) is 17.2 Å². The zero-order valence-electron chi connectivity index (χ0n) is 31.3. The Hall–Kier alpha value is -5.81. The molecule has 10 nitrogen and oxygen atoms in total. The quantitative estimate of drug-likeness (QED) is 0.0680. The number of amides is 2. The predicted octanol–water partition coefficient (Wildman–Crippen LogP) is 7.21. The molecule has 2 amide bonds. The molecule has 0 N–H and O–H groups in total. The van der Waals surface area contributed by atoms with E-state index in [1.54, 1.807) is 66.1 Å². The zero-order chi connectivity index (χ0) is 39.3. The van der Waals surface area contributed by atoms with Gasteiger partial charge in [-0.2, -0.15) is 0 Å². The van der Waals surface area contributed by atoms with Crippen LogP contribution in [-0.4, -0.2) is 77.8 Å². The van der Waals surface area contributed by atoms with Gasteiger partial charge in [0.2, 0.25) is 11.7 Å². The summed E-state index contributed by atoms with van der Waals surface area (Å²) >= 11 is 6.22. The molecule has 0 saturated carbocycles. The number of aromatic nitrogens is 2. The summed E-state index contributed by atoms with van der Waals surface area (Å²) in [6.07, 6.45) is 9.47. The second-order valence-electron chi connectivity index (χ2n) is 13.0. The van der Waals surface area contributed by atoms with Crippen molar-refractivity contribution in [2.45, 2.75) is 50.7 Å². The van der Waals surface area contributed by atoms with Gasteiger partial charge < -0.3 is 24.0 Å². The van der Waals surface area contributed by atoms with E-state index in [1.807, 2.05) is 24.3 Å². The number of carbonyl (C=O) groups is 3. The Kier molecular flexibility index (Phi) is 14.3. The molecule has 0 radical (unpaired) electrons. The van der Waals surface area contributed by atoms with Gasteiger partial charge >= 0.3 is 0 Å². The van der Waals surface area contributed by atoms with Gasteiger partial charge in [0.15, 0.2) is 11.5 Å². The van der Waals surface area contributed by atoms with E-state index in [-0.39, 0.29) is 47.7 Å². The second-order valence-corrected chi connectivity index (χ2v) is 13.5. The molecule has 0 fully saturated rings. The molecule has 2 heterocycles. The minimum atomic E-state index is -1.12. The molecule has 0 aliphatic carbocycles. The number of pyridine rings is 2. The second kappa shape index (κ2) is 19.5. The maximum atomic E-state index is 15.3. The summed E-state index contributed by atoms with van der Waals surface area (Å²) in [7, 11) is 5.72. The number of methoxy groups -OCH3 is 3. The Morgan fingerprint density at radius 1 is 0.709 bits per heavy atom. The van der Waals surface area contributed by atoms with Gasteiger partial charge in [0.05, 0.1) is 21.3 Å². The number of ketones is 1. The highest BCUT2D eigenvalue weighted by Crippen LogP contribution is 2.38. The average Bonchev–Trinajstić information content (AvgIpc) is 3.22. The van der Waals surface area contributed by atoms with E-state index in [0.29, 0.717) is 36.3 Å². The molecule has 1 unspecified atom stereocenters. The van der Waals surface area contributed by atoms with Gasteiger partial charge in [0.1, 0.15) is 11.9 Å². The lowest BCUT2D eigenvalue weighted by molar-refractivity contribution is -0.145. The maximum Gasteiger partial charge on any atom is 0.295 e. The van der Waals surface area contributed by atoms with Crippen LogP contribution in [-0.2, 0) is 35.4 Å². The molecule has 5 aromatic rings.